The van der Waals surface area contributed by atoms with Crippen LogP contribution >= 0.6 is 0 Å². The number of rotatable bonds is 6. The van der Waals surface area contributed by atoms with Crippen molar-refractivity contribution in [1.82, 2.24) is 0 Å². The van der Waals surface area contributed by atoms with Gasteiger partial charge in [-0.05, 0) is 6.42 Å². The average Bonchev–Trinajstić information content (AvgIpc) is 1.85. The summed E-state index contributed by atoms with van der Waals surface area (Å²) >= 11 is 0. The molecule has 1 N–H and O–H groups in total. The fourth-order valence-electron chi connectivity index (χ4n) is 0.693. The normalized spacial score (nSPS) is 10.8. The van der Waals surface area contributed by atoms with Crippen LogP contribution in [0, 0.1) is 0 Å². The second kappa shape index (κ2) is 8.08. The van der Waals surface area contributed by atoms with Crippen LogP contribution in [-0.2, 0) is 14.6 Å². The van der Waals surface area contributed by atoms with Gasteiger partial charge in [0.15, 0.2) is 0 Å². The van der Waals surface area contributed by atoms with Crippen LogP contribution in [0.15, 0.2) is 0 Å². The van der Waals surface area contributed by atoms with E-state index in [9.17, 15) is 8.42 Å². The van der Waals surface area contributed by atoms with E-state index >= 15 is 0 Å². The van der Waals surface area contributed by atoms with E-state index in [-0.39, 0.29) is 25.5 Å². The van der Waals surface area contributed by atoms with Gasteiger partial charge >= 0.3 is 29.3 Å². The maximum atomic E-state index is 10.00. The topological polar surface area (TPSA) is 63.6 Å². The first-order valence-corrected chi connectivity index (χ1v) is 5.04. The van der Waals surface area contributed by atoms with E-state index in [1.165, 1.54) is 0 Å². The van der Waals surface area contributed by atoms with Gasteiger partial charge < -0.3 is 0 Å². The van der Waals surface area contributed by atoms with Gasteiger partial charge in [-0.15, -0.1) is 0 Å². The van der Waals surface area contributed by atoms with Crippen LogP contribution in [0.25, 0.3) is 0 Å². The van der Waals surface area contributed by atoms with Gasteiger partial charge in [0.2, 0.25) is 0 Å². The van der Waals surface area contributed by atoms with Crippen molar-refractivity contribution < 1.29 is 17.2 Å². The van der Waals surface area contributed by atoms with Gasteiger partial charge in [-0.25, -0.2) is 4.18 Å². The van der Waals surface area contributed by atoms with Gasteiger partial charge in [0.05, 0.1) is 6.61 Å². The van der Waals surface area contributed by atoms with Gasteiger partial charge in [0.1, 0.15) is 0 Å². The van der Waals surface area contributed by atoms with E-state index in [2.05, 4.69) is 11.1 Å². The molecule has 0 radical (unpaired) electrons. The Balaban J connectivity index is 0. The second-order valence-corrected chi connectivity index (χ2v) is 3.40. The summed E-state index contributed by atoms with van der Waals surface area (Å²) in [7, 11) is -4.21. The standard InChI is InChI=1S/C6H14O4S.Li.H/c1-2-3-4-5-6-10-11(7,8)9;;/h2-6H2,1H3,(H,7,8,9);;. The third kappa shape index (κ3) is 13.1. The Morgan fingerprint density at radius 2 is 1.83 bits per heavy atom. The average molecular weight is 190 g/mol. The number of unbranched alkanes of at least 4 members (excludes halogenated alkanes) is 3. The summed E-state index contributed by atoms with van der Waals surface area (Å²) in [6, 6.07) is 0. The molecule has 4 nitrogen and oxygen atoms in total. The number of hydrogen-bond acceptors (Lipinski definition) is 3. The van der Waals surface area contributed by atoms with E-state index in [0.29, 0.717) is 6.42 Å². The molecule has 0 fully saturated rings. The summed E-state index contributed by atoms with van der Waals surface area (Å²) in [5.41, 5.74) is 0. The van der Waals surface area contributed by atoms with Crippen LogP contribution in [0.2, 0.25) is 0 Å². The van der Waals surface area contributed by atoms with Gasteiger partial charge in [0.25, 0.3) is 0 Å². The molecule has 0 amide bonds. The Kier molecular flexibility index (Phi) is 10.1. The fraction of sp³-hybridized carbons (Fsp3) is 1.00. The van der Waals surface area contributed by atoms with Gasteiger partial charge in [0, 0.05) is 0 Å². The molecule has 0 spiro atoms. The summed E-state index contributed by atoms with van der Waals surface area (Å²) in [6.45, 7) is 2.14. The zero-order valence-electron chi connectivity index (χ0n) is 6.62. The molecule has 0 rings (SSSR count). The van der Waals surface area contributed by atoms with Gasteiger partial charge in [-0.3, -0.25) is 4.55 Å². The summed E-state index contributed by atoms with van der Waals surface area (Å²) in [4.78, 5) is 0. The molecular formula is C6H15LiO4S. The van der Waals surface area contributed by atoms with Gasteiger partial charge in [-0.1, -0.05) is 26.2 Å². The molecule has 0 saturated heterocycles. The first-order valence-electron chi connectivity index (χ1n) is 3.68. The van der Waals surface area contributed by atoms with E-state index in [1.54, 1.807) is 0 Å². The van der Waals surface area contributed by atoms with Crippen LogP contribution < -0.4 is 0 Å². The predicted molar refractivity (Wildman–Crippen MR) is 48.8 cm³/mol. The zero-order valence-corrected chi connectivity index (χ0v) is 7.43. The molecule has 0 aliphatic rings. The Morgan fingerprint density at radius 3 is 2.25 bits per heavy atom. The minimum atomic E-state index is -4.21. The molecule has 0 aliphatic carbocycles. The molecular weight excluding hydrogens is 175 g/mol. The Morgan fingerprint density at radius 1 is 1.25 bits per heavy atom. The van der Waals surface area contributed by atoms with Crippen molar-refractivity contribution in [3.05, 3.63) is 0 Å². The fourth-order valence-corrected chi connectivity index (χ4v) is 1.02. The minimum absolute atomic E-state index is 0. The van der Waals surface area contributed by atoms with Crippen LogP contribution in [-0.4, -0.2) is 38.4 Å². The van der Waals surface area contributed by atoms with Crippen LogP contribution in [0.1, 0.15) is 32.6 Å². The second-order valence-electron chi connectivity index (χ2n) is 2.31. The molecule has 0 unspecified atom stereocenters. The summed E-state index contributed by atoms with van der Waals surface area (Å²) < 4.78 is 32.2. The van der Waals surface area contributed by atoms with Crippen LogP contribution in [0.3, 0.4) is 0 Å². The van der Waals surface area contributed by atoms with E-state index < -0.39 is 10.4 Å². The van der Waals surface area contributed by atoms with E-state index in [4.69, 9.17) is 4.55 Å². The van der Waals surface area contributed by atoms with Crippen molar-refractivity contribution in [3.63, 3.8) is 0 Å². The SMILES string of the molecule is CCCCCCOS(=O)(=O)O.[LiH]. The zero-order chi connectivity index (χ0) is 8.74. The van der Waals surface area contributed by atoms with Crippen LogP contribution in [0.5, 0.6) is 0 Å². The molecule has 12 heavy (non-hydrogen) atoms. The quantitative estimate of drug-likeness (QED) is 0.381. The van der Waals surface area contributed by atoms with E-state index in [1.807, 2.05) is 0 Å². The van der Waals surface area contributed by atoms with Crippen molar-refractivity contribution in [1.29, 1.82) is 0 Å². The molecule has 0 aromatic heterocycles. The van der Waals surface area contributed by atoms with Gasteiger partial charge in [-0.2, -0.15) is 8.42 Å². The monoisotopic (exact) mass is 190 g/mol. The molecule has 0 saturated carbocycles. The third-order valence-corrected chi connectivity index (χ3v) is 1.69. The third-order valence-electron chi connectivity index (χ3n) is 1.23. The van der Waals surface area contributed by atoms with Crippen molar-refractivity contribution in [2.75, 3.05) is 6.61 Å². The Bertz CT molecular complexity index is 178. The van der Waals surface area contributed by atoms with Crippen molar-refractivity contribution in [2.45, 2.75) is 32.6 Å². The molecule has 70 valence electrons. The molecule has 0 heterocycles. The summed E-state index contributed by atoms with van der Waals surface area (Å²) in [5, 5.41) is 0. The van der Waals surface area contributed by atoms with Crippen molar-refractivity contribution in [2.24, 2.45) is 0 Å². The first kappa shape index (κ1) is 15.0. The van der Waals surface area contributed by atoms with E-state index in [0.717, 1.165) is 19.3 Å². The molecule has 0 aromatic rings. The molecule has 0 bridgehead atoms. The van der Waals surface area contributed by atoms with Crippen molar-refractivity contribution in [3.8, 4) is 0 Å². The first-order chi connectivity index (χ1) is 5.06. The van der Waals surface area contributed by atoms with Crippen molar-refractivity contribution >= 4 is 29.3 Å². The molecule has 0 aliphatic heterocycles. The number of hydrogen-bond donors (Lipinski definition) is 1. The predicted octanol–water partition coefficient (Wildman–Crippen LogP) is 0.738. The van der Waals surface area contributed by atoms with Crippen LogP contribution in [0.4, 0.5) is 0 Å². The Labute approximate surface area is 85.8 Å². The Hall–Kier alpha value is 0.467. The molecule has 0 atom stereocenters. The molecule has 0 aromatic carbocycles. The summed E-state index contributed by atoms with van der Waals surface area (Å²) in [5.74, 6) is 0. The summed E-state index contributed by atoms with van der Waals surface area (Å²) in [6.07, 6.45) is 3.76. The maximum absolute atomic E-state index is 10.00. The molecule has 6 heteroatoms.